The van der Waals surface area contributed by atoms with Crippen molar-refractivity contribution in [2.75, 3.05) is 4.90 Å². The molecule has 12 aromatic rings. The summed E-state index contributed by atoms with van der Waals surface area (Å²) in [4.78, 5) is 2.33. The Kier molecular flexibility index (Phi) is 8.83. The number of rotatable bonds is 8. The molecule has 0 saturated heterocycles. The van der Waals surface area contributed by atoms with Crippen molar-refractivity contribution in [3.63, 3.8) is 0 Å². The van der Waals surface area contributed by atoms with Gasteiger partial charge in [-0.05, 0) is 123 Å². The lowest BCUT2D eigenvalue weighted by Gasteiger charge is -2.26. The number of hydrogen-bond donors (Lipinski definition) is 0. The van der Waals surface area contributed by atoms with Gasteiger partial charge in [-0.15, -0.1) is 0 Å². The predicted octanol–water partition coefficient (Wildman–Crippen LogP) is 16.8. The van der Waals surface area contributed by atoms with Crippen molar-refractivity contribution >= 4 is 60.8 Å². The van der Waals surface area contributed by atoms with E-state index in [1.54, 1.807) is 0 Å². The largest absolute Gasteiger partial charge is 0.456 e. The number of aromatic nitrogens is 1. The lowest BCUT2D eigenvalue weighted by atomic mass is 9.99. The molecule has 0 N–H and O–H groups in total. The molecule has 0 unspecified atom stereocenters. The number of benzene rings is 10. The van der Waals surface area contributed by atoms with Crippen molar-refractivity contribution < 1.29 is 4.42 Å². The summed E-state index contributed by atoms with van der Waals surface area (Å²) in [5.74, 6) is 0. The molecule has 3 heteroatoms. The standard InChI is InChI=1S/C60H40N2O/c1-2-11-41(12-3-1)43-25-32-49(33-26-43)61(51-36-29-46(30-37-51)48-31-38-56-55-17-6-9-20-59(55)63-60(56)40-48)50-34-27-44(28-35-50)42-21-23-45(24-22-42)47-13-10-14-52(39-47)62-57-18-7-4-15-53(57)54-16-5-8-19-58(54)62/h1-40H. The van der Waals surface area contributed by atoms with Crippen molar-refractivity contribution in [3.05, 3.63) is 243 Å². The minimum Gasteiger partial charge on any atom is -0.456 e. The number of nitrogens with zero attached hydrogens (tertiary/aromatic N) is 2. The smallest absolute Gasteiger partial charge is 0.136 e. The molecule has 0 aliphatic rings. The van der Waals surface area contributed by atoms with Crippen LogP contribution in [0.25, 0.3) is 93.9 Å². The summed E-state index contributed by atoms with van der Waals surface area (Å²) in [6.07, 6.45) is 0. The van der Waals surface area contributed by atoms with E-state index in [0.29, 0.717) is 0 Å². The van der Waals surface area contributed by atoms with Crippen LogP contribution in [0.2, 0.25) is 0 Å². The highest BCUT2D eigenvalue weighted by Crippen LogP contribution is 2.39. The van der Waals surface area contributed by atoms with Gasteiger partial charge in [-0.25, -0.2) is 0 Å². The zero-order valence-corrected chi connectivity index (χ0v) is 34.4. The Bertz CT molecular complexity index is 3530. The molecule has 0 atom stereocenters. The molecule has 0 radical (unpaired) electrons. The van der Waals surface area contributed by atoms with Crippen molar-refractivity contribution in [1.29, 1.82) is 0 Å². The van der Waals surface area contributed by atoms with E-state index in [0.717, 1.165) is 55.8 Å². The molecule has 2 aromatic heterocycles. The van der Waals surface area contributed by atoms with E-state index >= 15 is 0 Å². The van der Waals surface area contributed by atoms with Crippen molar-refractivity contribution in [2.24, 2.45) is 0 Å². The summed E-state index contributed by atoms with van der Waals surface area (Å²) in [6.45, 7) is 0. The van der Waals surface area contributed by atoms with Gasteiger partial charge in [-0.2, -0.15) is 0 Å². The summed E-state index contributed by atoms with van der Waals surface area (Å²) < 4.78 is 8.61. The first kappa shape index (κ1) is 36.5. The Morgan fingerprint density at radius 2 is 0.667 bits per heavy atom. The Morgan fingerprint density at radius 1 is 0.270 bits per heavy atom. The van der Waals surface area contributed by atoms with Crippen LogP contribution in [0.4, 0.5) is 17.1 Å². The third-order valence-electron chi connectivity index (χ3n) is 12.4. The first-order valence-corrected chi connectivity index (χ1v) is 21.5. The molecular formula is C60H40N2O. The van der Waals surface area contributed by atoms with Gasteiger partial charge < -0.3 is 13.9 Å². The molecule has 0 aliphatic heterocycles. The second kappa shape index (κ2) is 15.3. The third-order valence-corrected chi connectivity index (χ3v) is 12.4. The maximum Gasteiger partial charge on any atom is 0.136 e. The van der Waals surface area contributed by atoms with Gasteiger partial charge in [0.25, 0.3) is 0 Å². The number of hydrogen-bond acceptors (Lipinski definition) is 2. The summed E-state index contributed by atoms with van der Waals surface area (Å²) in [5.41, 5.74) is 18.0. The molecule has 2 heterocycles. The summed E-state index contributed by atoms with van der Waals surface area (Å²) >= 11 is 0. The fourth-order valence-electron chi connectivity index (χ4n) is 9.27. The Morgan fingerprint density at radius 3 is 1.24 bits per heavy atom. The van der Waals surface area contributed by atoms with E-state index in [2.05, 4.69) is 240 Å². The van der Waals surface area contributed by atoms with Gasteiger partial charge in [0.05, 0.1) is 11.0 Å². The second-order valence-corrected chi connectivity index (χ2v) is 16.1. The molecule has 12 rings (SSSR count). The van der Waals surface area contributed by atoms with Gasteiger partial charge >= 0.3 is 0 Å². The van der Waals surface area contributed by atoms with Crippen LogP contribution in [-0.4, -0.2) is 4.57 Å². The average Bonchev–Trinajstić information content (AvgIpc) is 3.91. The van der Waals surface area contributed by atoms with E-state index in [9.17, 15) is 0 Å². The minimum absolute atomic E-state index is 0.900. The Hall–Kier alpha value is -8.40. The molecule has 10 aromatic carbocycles. The van der Waals surface area contributed by atoms with Gasteiger partial charge in [0, 0.05) is 44.3 Å². The lowest BCUT2D eigenvalue weighted by molar-refractivity contribution is 0.669. The zero-order valence-electron chi connectivity index (χ0n) is 34.4. The van der Waals surface area contributed by atoms with Gasteiger partial charge in [0.1, 0.15) is 11.2 Å². The summed E-state index contributed by atoms with van der Waals surface area (Å²) in [6, 6.07) is 87.1. The van der Waals surface area contributed by atoms with E-state index in [1.165, 1.54) is 55.2 Å². The molecule has 0 spiro atoms. The van der Waals surface area contributed by atoms with Crippen LogP contribution < -0.4 is 4.90 Å². The molecule has 0 aliphatic carbocycles. The number of anilines is 3. The van der Waals surface area contributed by atoms with E-state index in [-0.39, 0.29) is 0 Å². The van der Waals surface area contributed by atoms with Crippen LogP contribution in [0.1, 0.15) is 0 Å². The first-order chi connectivity index (χ1) is 31.2. The highest BCUT2D eigenvalue weighted by molar-refractivity contribution is 6.09. The summed E-state index contributed by atoms with van der Waals surface area (Å²) in [7, 11) is 0. The Labute approximate surface area is 366 Å². The SMILES string of the molecule is c1ccc(-c2ccc(N(c3ccc(-c4ccc(-c5cccc(-n6c7ccccc7c7ccccc76)c5)cc4)cc3)c3ccc(-c4ccc5c(c4)oc4ccccc45)cc3)cc2)cc1. The lowest BCUT2D eigenvalue weighted by Crippen LogP contribution is -2.09. The normalized spacial score (nSPS) is 11.5. The molecule has 0 bridgehead atoms. The third kappa shape index (κ3) is 6.55. The fourth-order valence-corrected chi connectivity index (χ4v) is 9.27. The van der Waals surface area contributed by atoms with Crippen LogP contribution in [0.15, 0.2) is 247 Å². The van der Waals surface area contributed by atoms with Crippen LogP contribution in [0.5, 0.6) is 0 Å². The van der Waals surface area contributed by atoms with E-state index < -0.39 is 0 Å². The van der Waals surface area contributed by atoms with E-state index in [4.69, 9.17) is 4.42 Å². The van der Waals surface area contributed by atoms with Crippen LogP contribution >= 0.6 is 0 Å². The Balaban J connectivity index is 0.851. The van der Waals surface area contributed by atoms with Crippen molar-refractivity contribution in [3.8, 4) is 50.2 Å². The number of furan rings is 1. The summed E-state index contributed by atoms with van der Waals surface area (Å²) in [5, 5.41) is 4.81. The monoisotopic (exact) mass is 804 g/mol. The van der Waals surface area contributed by atoms with Crippen molar-refractivity contribution in [1.82, 2.24) is 4.57 Å². The van der Waals surface area contributed by atoms with Gasteiger partial charge in [-0.3, -0.25) is 0 Å². The molecular weight excluding hydrogens is 765 g/mol. The molecule has 0 saturated carbocycles. The highest BCUT2D eigenvalue weighted by Gasteiger charge is 2.16. The quantitative estimate of drug-likeness (QED) is 0.153. The molecule has 63 heavy (non-hydrogen) atoms. The minimum atomic E-state index is 0.900. The maximum atomic E-state index is 6.23. The first-order valence-electron chi connectivity index (χ1n) is 21.5. The fraction of sp³-hybridized carbons (Fsp3) is 0. The second-order valence-electron chi connectivity index (χ2n) is 16.1. The predicted molar refractivity (Wildman–Crippen MR) is 264 cm³/mol. The van der Waals surface area contributed by atoms with Crippen LogP contribution in [0, 0.1) is 0 Å². The van der Waals surface area contributed by atoms with Gasteiger partial charge in [0.15, 0.2) is 0 Å². The maximum absolute atomic E-state index is 6.23. The van der Waals surface area contributed by atoms with Crippen LogP contribution in [-0.2, 0) is 0 Å². The highest BCUT2D eigenvalue weighted by atomic mass is 16.3. The number of para-hydroxylation sites is 3. The zero-order chi connectivity index (χ0) is 41.7. The van der Waals surface area contributed by atoms with Crippen molar-refractivity contribution in [2.45, 2.75) is 0 Å². The average molecular weight is 805 g/mol. The molecule has 0 amide bonds. The van der Waals surface area contributed by atoms with E-state index in [1.807, 2.05) is 12.1 Å². The van der Waals surface area contributed by atoms with Gasteiger partial charge in [0.2, 0.25) is 0 Å². The molecule has 3 nitrogen and oxygen atoms in total. The molecule has 296 valence electrons. The molecule has 0 fully saturated rings. The van der Waals surface area contributed by atoms with Crippen LogP contribution in [0.3, 0.4) is 0 Å². The number of fused-ring (bicyclic) bond motifs is 6. The van der Waals surface area contributed by atoms with Gasteiger partial charge in [-0.1, -0.05) is 164 Å². The topological polar surface area (TPSA) is 21.3 Å².